The number of benzene rings is 1. The zero-order valence-electron chi connectivity index (χ0n) is 12.4. The molecule has 0 spiro atoms. The average Bonchev–Trinajstić information content (AvgIpc) is 2.47. The third kappa shape index (κ3) is 4.07. The van der Waals surface area contributed by atoms with Crippen molar-refractivity contribution in [2.75, 3.05) is 23.4 Å². The summed E-state index contributed by atoms with van der Waals surface area (Å²) in [7, 11) is 0. The molecule has 0 aliphatic heterocycles. The van der Waals surface area contributed by atoms with E-state index >= 15 is 0 Å². The lowest BCUT2D eigenvalue weighted by Gasteiger charge is -2.16. The number of halogens is 1. The number of hydrogen-bond acceptors (Lipinski definition) is 5. The molecular weight excluding hydrogens is 287 g/mol. The maximum Gasteiger partial charge on any atom is 0.191 e. The van der Waals surface area contributed by atoms with Crippen LogP contribution in [-0.2, 0) is 0 Å². The van der Waals surface area contributed by atoms with E-state index in [0.29, 0.717) is 16.5 Å². The molecule has 2 rings (SSSR count). The second-order valence-electron chi connectivity index (χ2n) is 4.54. The molecule has 2 aromatic rings. The Bertz CT molecular complexity index is 606. The van der Waals surface area contributed by atoms with Crippen molar-refractivity contribution in [1.82, 2.24) is 9.97 Å². The quantitative estimate of drug-likeness (QED) is 0.625. The third-order valence-electron chi connectivity index (χ3n) is 2.98. The van der Waals surface area contributed by atoms with Crippen LogP contribution in [-0.4, -0.2) is 22.8 Å². The predicted molar refractivity (Wildman–Crippen MR) is 86.4 cm³/mol. The van der Waals surface area contributed by atoms with Crippen molar-refractivity contribution in [3.05, 3.63) is 41.7 Å². The number of nitrogens with zero attached hydrogens (tertiary/aromatic N) is 2. The Morgan fingerprint density at radius 2 is 1.95 bits per heavy atom. The normalized spacial score (nSPS) is 12.0. The van der Waals surface area contributed by atoms with Gasteiger partial charge in [-0.05, 0) is 26.2 Å². The molecule has 1 aromatic heterocycles. The van der Waals surface area contributed by atoms with Crippen LogP contribution in [0.25, 0.3) is 0 Å². The third-order valence-corrected chi connectivity index (χ3v) is 3.53. The Morgan fingerprint density at radius 3 is 2.62 bits per heavy atom. The van der Waals surface area contributed by atoms with Crippen LogP contribution in [0.15, 0.2) is 35.5 Å². The number of aromatic nitrogens is 2. The molecule has 6 heteroatoms. The van der Waals surface area contributed by atoms with Gasteiger partial charge in [-0.3, -0.25) is 0 Å². The van der Waals surface area contributed by atoms with Gasteiger partial charge in [-0.2, -0.15) is 0 Å². The van der Waals surface area contributed by atoms with Gasteiger partial charge in [0.25, 0.3) is 0 Å². The van der Waals surface area contributed by atoms with Crippen LogP contribution in [0.4, 0.5) is 16.0 Å². The van der Waals surface area contributed by atoms with Gasteiger partial charge in [-0.25, -0.2) is 14.4 Å². The minimum atomic E-state index is -0.219. The van der Waals surface area contributed by atoms with Crippen LogP contribution in [0, 0.1) is 5.82 Å². The molecule has 0 saturated carbocycles. The van der Waals surface area contributed by atoms with Crippen molar-refractivity contribution in [2.24, 2.45) is 0 Å². The first-order valence-electron chi connectivity index (χ1n) is 6.82. The highest BCUT2D eigenvalue weighted by Crippen LogP contribution is 2.23. The summed E-state index contributed by atoms with van der Waals surface area (Å²) in [5, 5.41) is 7.07. The van der Waals surface area contributed by atoms with Gasteiger partial charge < -0.3 is 10.6 Å². The van der Waals surface area contributed by atoms with Gasteiger partial charge in [0.15, 0.2) is 5.16 Å². The zero-order valence-corrected chi connectivity index (χ0v) is 13.2. The minimum Gasteiger partial charge on any atom is -0.370 e. The lowest BCUT2D eigenvalue weighted by molar-refractivity contribution is 0.600. The highest BCUT2D eigenvalue weighted by atomic mass is 32.2. The fourth-order valence-electron chi connectivity index (χ4n) is 1.99. The molecule has 0 aliphatic carbocycles. The first-order chi connectivity index (χ1) is 10.1. The fourth-order valence-corrected chi connectivity index (χ4v) is 2.37. The maximum absolute atomic E-state index is 13.8. The topological polar surface area (TPSA) is 49.8 Å². The highest BCUT2D eigenvalue weighted by molar-refractivity contribution is 7.98. The van der Waals surface area contributed by atoms with E-state index in [9.17, 15) is 4.39 Å². The van der Waals surface area contributed by atoms with Crippen LogP contribution in [0.3, 0.4) is 0 Å². The molecule has 0 amide bonds. The van der Waals surface area contributed by atoms with Gasteiger partial charge in [0.1, 0.15) is 17.5 Å². The van der Waals surface area contributed by atoms with Gasteiger partial charge in [0.05, 0.1) is 6.04 Å². The largest absolute Gasteiger partial charge is 0.370 e. The smallest absolute Gasteiger partial charge is 0.191 e. The van der Waals surface area contributed by atoms with Gasteiger partial charge >= 0.3 is 0 Å². The standard InChI is InChI=1S/C15H19FN4S/c1-4-17-13-9-14(20-15(19-13)21-3)18-10(2)11-7-5-6-8-12(11)16/h5-10H,4H2,1-3H3,(H2,17,18,19,20). The van der Waals surface area contributed by atoms with Crippen LogP contribution in [0.5, 0.6) is 0 Å². The van der Waals surface area contributed by atoms with E-state index in [2.05, 4.69) is 20.6 Å². The Labute approximate surface area is 128 Å². The molecule has 0 aliphatic rings. The fraction of sp³-hybridized carbons (Fsp3) is 0.333. The van der Waals surface area contributed by atoms with E-state index in [0.717, 1.165) is 12.4 Å². The molecule has 21 heavy (non-hydrogen) atoms. The Balaban J connectivity index is 2.22. The Kier molecular flexibility index (Phi) is 5.38. The van der Waals surface area contributed by atoms with Gasteiger partial charge in [-0.1, -0.05) is 30.0 Å². The summed E-state index contributed by atoms with van der Waals surface area (Å²) >= 11 is 1.47. The first-order valence-corrected chi connectivity index (χ1v) is 8.04. The number of thioether (sulfide) groups is 1. The van der Waals surface area contributed by atoms with Crippen LogP contribution in [0.2, 0.25) is 0 Å². The second-order valence-corrected chi connectivity index (χ2v) is 5.32. The van der Waals surface area contributed by atoms with Gasteiger partial charge in [-0.15, -0.1) is 0 Å². The predicted octanol–water partition coefficient (Wildman–Crippen LogP) is 3.94. The van der Waals surface area contributed by atoms with Crippen molar-refractivity contribution in [2.45, 2.75) is 25.0 Å². The van der Waals surface area contributed by atoms with Gasteiger partial charge in [0.2, 0.25) is 0 Å². The number of nitrogens with one attached hydrogen (secondary N) is 2. The second kappa shape index (κ2) is 7.26. The Hall–Kier alpha value is -1.82. The van der Waals surface area contributed by atoms with Crippen molar-refractivity contribution >= 4 is 23.4 Å². The summed E-state index contributed by atoms with van der Waals surface area (Å²) in [6.45, 7) is 4.70. The lowest BCUT2D eigenvalue weighted by atomic mass is 10.1. The lowest BCUT2D eigenvalue weighted by Crippen LogP contribution is -2.11. The van der Waals surface area contributed by atoms with Crippen LogP contribution >= 0.6 is 11.8 Å². The molecule has 1 atom stereocenters. The molecule has 1 unspecified atom stereocenters. The summed E-state index contributed by atoms with van der Waals surface area (Å²) in [5.74, 6) is 1.23. The maximum atomic E-state index is 13.8. The number of rotatable bonds is 6. The number of hydrogen-bond donors (Lipinski definition) is 2. The van der Waals surface area contributed by atoms with E-state index in [1.54, 1.807) is 12.1 Å². The van der Waals surface area contributed by atoms with E-state index in [-0.39, 0.29) is 11.9 Å². The summed E-state index contributed by atoms with van der Waals surface area (Å²) < 4.78 is 13.8. The first kappa shape index (κ1) is 15.6. The van der Waals surface area contributed by atoms with Crippen molar-refractivity contribution in [3.8, 4) is 0 Å². The summed E-state index contributed by atoms with van der Waals surface area (Å²) in [6, 6.07) is 8.41. The monoisotopic (exact) mass is 306 g/mol. The summed E-state index contributed by atoms with van der Waals surface area (Å²) in [4.78, 5) is 8.77. The molecule has 0 saturated heterocycles. The molecular formula is C15H19FN4S. The summed E-state index contributed by atoms with van der Waals surface area (Å²) in [6.07, 6.45) is 1.93. The van der Waals surface area contributed by atoms with Crippen molar-refractivity contribution in [1.29, 1.82) is 0 Å². The molecule has 1 aromatic carbocycles. The van der Waals surface area contributed by atoms with E-state index < -0.39 is 0 Å². The average molecular weight is 306 g/mol. The van der Waals surface area contributed by atoms with Crippen molar-refractivity contribution in [3.63, 3.8) is 0 Å². The SMILES string of the molecule is CCNc1cc(NC(C)c2ccccc2F)nc(SC)n1. The van der Waals surface area contributed by atoms with E-state index in [1.165, 1.54) is 17.8 Å². The molecule has 0 fully saturated rings. The molecule has 0 bridgehead atoms. The van der Waals surface area contributed by atoms with Crippen molar-refractivity contribution < 1.29 is 4.39 Å². The molecule has 1 heterocycles. The number of anilines is 2. The molecule has 2 N–H and O–H groups in total. The van der Waals surface area contributed by atoms with E-state index in [1.807, 2.05) is 32.2 Å². The van der Waals surface area contributed by atoms with Gasteiger partial charge in [0, 0.05) is 18.2 Å². The highest BCUT2D eigenvalue weighted by Gasteiger charge is 2.12. The van der Waals surface area contributed by atoms with E-state index in [4.69, 9.17) is 0 Å². The molecule has 112 valence electrons. The molecule has 0 radical (unpaired) electrons. The molecule has 4 nitrogen and oxygen atoms in total. The minimum absolute atomic E-state index is 0.176. The summed E-state index contributed by atoms with van der Waals surface area (Å²) in [5.41, 5.74) is 0.617. The zero-order chi connectivity index (χ0) is 15.2. The van der Waals surface area contributed by atoms with Crippen LogP contribution in [0.1, 0.15) is 25.5 Å². The van der Waals surface area contributed by atoms with Crippen LogP contribution < -0.4 is 10.6 Å². The Morgan fingerprint density at radius 1 is 1.24 bits per heavy atom.